The zero-order valence-electron chi connectivity index (χ0n) is 7.18. The number of carbonyl (C=O) groups is 1. The summed E-state index contributed by atoms with van der Waals surface area (Å²) < 4.78 is 0. The fourth-order valence-electron chi connectivity index (χ4n) is 2.56. The first-order chi connectivity index (χ1) is 5.75. The second-order valence-electron chi connectivity index (χ2n) is 4.08. The smallest absolute Gasteiger partial charge is 0.321 e. The number of carboxylic acids is 1. The number of nitrogens with one attached hydrogen (secondary N) is 1. The van der Waals surface area contributed by atoms with Gasteiger partial charge in [0.15, 0.2) is 0 Å². The number of hydrogen-bond donors (Lipinski definition) is 2. The summed E-state index contributed by atoms with van der Waals surface area (Å²) >= 11 is 0. The van der Waals surface area contributed by atoms with E-state index in [4.69, 9.17) is 5.11 Å². The van der Waals surface area contributed by atoms with E-state index in [0.29, 0.717) is 0 Å². The van der Waals surface area contributed by atoms with Crippen molar-refractivity contribution < 1.29 is 9.90 Å². The van der Waals surface area contributed by atoms with Crippen LogP contribution >= 0.6 is 0 Å². The Morgan fingerprint density at radius 1 is 1.33 bits per heavy atom. The molecular weight excluding hydrogens is 154 g/mol. The van der Waals surface area contributed by atoms with Gasteiger partial charge in [-0.1, -0.05) is 19.3 Å². The Bertz CT molecular complexity index is 197. The summed E-state index contributed by atoms with van der Waals surface area (Å²) in [6, 6.07) is -0.252. The Balaban J connectivity index is 2.05. The van der Waals surface area contributed by atoms with E-state index < -0.39 is 5.97 Å². The molecule has 0 unspecified atom stereocenters. The summed E-state index contributed by atoms with van der Waals surface area (Å²) in [6.07, 6.45) is 5.93. The highest BCUT2D eigenvalue weighted by molar-refractivity contribution is 5.76. The molecule has 0 aromatic carbocycles. The summed E-state index contributed by atoms with van der Waals surface area (Å²) in [6.45, 7) is 0.921. The van der Waals surface area contributed by atoms with Crippen LogP contribution in [0.15, 0.2) is 0 Å². The fourth-order valence-corrected chi connectivity index (χ4v) is 2.56. The van der Waals surface area contributed by atoms with Gasteiger partial charge in [-0.3, -0.25) is 4.79 Å². The van der Waals surface area contributed by atoms with Crippen LogP contribution in [0, 0.1) is 5.41 Å². The molecule has 1 spiro atoms. The maximum Gasteiger partial charge on any atom is 0.321 e. The molecule has 68 valence electrons. The van der Waals surface area contributed by atoms with E-state index in [1.54, 1.807) is 0 Å². The second-order valence-corrected chi connectivity index (χ2v) is 4.08. The summed E-state index contributed by atoms with van der Waals surface area (Å²) in [5.41, 5.74) is 0.129. The summed E-state index contributed by atoms with van der Waals surface area (Å²) in [4.78, 5) is 10.8. The highest BCUT2D eigenvalue weighted by atomic mass is 16.4. The van der Waals surface area contributed by atoms with E-state index in [1.165, 1.54) is 19.3 Å². The molecule has 0 bridgehead atoms. The van der Waals surface area contributed by atoms with Gasteiger partial charge in [0.05, 0.1) is 0 Å². The first kappa shape index (κ1) is 8.05. The molecule has 1 atom stereocenters. The topological polar surface area (TPSA) is 49.3 Å². The minimum atomic E-state index is -0.664. The van der Waals surface area contributed by atoms with Crippen LogP contribution in [0.2, 0.25) is 0 Å². The molecular formula is C9H15NO2. The standard InChI is InChI=1S/C9H15NO2/c11-8(12)7-9(6-10-7)4-2-1-3-5-9/h7,10H,1-6H2,(H,11,12)/t7-/m1/s1. The van der Waals surface area contributed by atoms with Crippen LogP contribution in [0.3, 0.4) is 0 Å². The lowest BCUT2D eigenvalue weighted by Crippen LogP contribution is -2.66. The summed E-state index contributed by atoms with van der Waals surface area (Å²) in [7, 11) is 0. The normalized spacial score (nSPS) is 32.8. The molecule has 3 heteroatoms. The van der Waals surface area contributed by atoms with Crippen molar-refractivity contribution in [3.05, 3.63) is 0 Å². The average Bonchev–Trinajstić information content (AvgIpc) is 2.03. The predicted molar refractivity (Wildman–Crippen MR) is 44.9 cm³/mol. The van der Waals surface area contributed by atoms with Crippen molar-refractivity contribution in [2.75, 3.05) is 6.54 Å². The second kappa shape index (κ2) is 2.73. The van der Waals surface area contributed by atoms with Crippen molar-refractivity contribution in [1.82, 2.24) is 5.32 Å². The SMILES string of the molecule is O=C(O)[C@H]1NCC12CCCCC2. The molecule has 0 aromatic rings. The molecule has 2 rings (SSSR count). The number of rotatable bonds is 1. The van der Waals surface area contributed by atoms with Crippen LogP contribution in [0.4, 0.5) is 0 Å². The van der Waals surface area contributed by atoms with E-state index in [9.17, 15) is 4.79 Å². The van der Waals surface area contributed by atoms with Crippen LogP contribution in [0.25, 0.3) is 0 Å². The van der Waals surface area contributed by atoms with Crippen LogP contribution < -0.4 is 5.32 Å². The third kappa shape index (κ3) is 1.04. The number of carboxylic acid groups (broad SMARTS) is 1. The Hall–Kier alpha value is -0.570. The Morgan fingerprint density at radius 2 is 2.00 bits per heavy atom. The van der Waals surface area contributed by atoms with Crippen LogP contribution in [0.5, 0.6) is 0 Å². The molecule has 0 radical (unpaired) electrons. The molecule has 0 aromatic heterocycles. The zero-order chi connectivity index (χ0) is 8.60. The summed E-state index contributed by atoms with van der Waals surface area (Å²) in [5.74, 6) is -0.664. The molecule has 2 fully saturated rings. The Kier molecular flexibility index (Phi) is 1.83. The molecule has 1 aliphatic heterocycles. The first-order valence-corrected chi connectivity index (χ1v) is 4.71. The maximum absolute atomic E-state index is 10.8. The van der Waals surface area contributed by atoms with Gasteiger partial charge in [0.25, 0.3) is 0 Å². The number of aliphatic carboxylic acids is 1. The highest BCUT2D eigenvalue weighted by Gasteiger charge is 2.50. The predicted octanol–water partition coefficient (Wildman–Crippen LogP) is 0.993. The van der Waals surface area contributed by atoms with Gasteiger partial charge in [-0.05, 0) is 12.8 Å². The van der Waals surface area contributed by atoms with Gasteiger partial charge in [0, 0.05) is 12.0 Å². The molecule has 1 heterocycles. The molecule has 1 aliphatic carbocycles. The Labute approximate surface area is 72.2 Å². The number of hydrogen-bond acceptors (Lipinski definition) is 2. The van der Waals surface area contributed by atoms with Crippen LogP contribution in [-0.4, -0.2) is 23.7 Å². The van der Waals surface area contributed by atoms with Gasteiger partial charge in [0.2, 0.25) is 0 Å². The van der Waals surface area contributed by atoms with E-state index in [-0.39, 0.29) is 11.5 Å². The molecule has 1 saturated carbocycles. The first-order valence-electron chi connectivity index (χ1n) is 4.71. The van der Waals surface area contributed by atoms with Crippen molar-refractivity contribution in [3.8, 4) is 0 Å². The zero-order valence-corrected chi connectivity index (χ0v) is 7.18. The maximum atomic E-state index is 10.8. The lowest BCUT2D eigenvalue weighted by Gasteiger charge is -2.50. The molecule has 2 aliphatic rings. The summed E-state index contributed by atoms with van der Waals surface area (Å²) in [5, 5.41) is 11.9. The van der Waals surface area contributed by atoms with Crippen LogP contribution in [-0.2, 0) is 4.79 Å². The van der Waals surface area contributed by atoms with E-state index >= 15 is 0 Å². The third-order valence-corrected chi connectivity index (χ3v) is 3.37. The molecule has 0 amide bonds. The highest BCUT2D eigenvalue weighted by Crippen LogP contribution is 2.43. The van der Waals surface area contributed by atoms with Gasteiger partial charge in [-0.15, -0.1) is 0 Å². The monoisotopic (exact) mass is 169 g/mol. The lowest BCUT2D eigenvalue weighted by atomic mass is 9.64. The van der Waals surface area contributed by atoms with Gasteiger partial charge in [-0.25, -0.2) is 0 Å². The van der Waals surface area contributed by atoms with Crippen molar-refractivity contribution in [3.63, 3.8) is 0 Å². The third-order valence-electron chi connectivity index (χ3n) is 3.37. The van der Waals surface area contributed by atoms with Gasteiger partial charge in [0.1, 0.15) is 6.04 Å². The van der Waals surface area contributed by atoms with Crippen molar-refractivity contribution >= 4 is 5.97 Å². The van der Waals surface area contributed by atoms with Crippen LogP contribution in [0.1, 0.15) is 32.1 Å². The molecule has 1 saturated heterocycles. The van der Waals surface area contributed by atoms with E-state index in [1.807, 2.05) is 0 Å². The minimum absolute atomic E-state index is 0.129. The van der Waals surface area contributed by atoms with Gasteiger partial charge < -0.3 is 10.4 Å². The van der Waals surface area contributed by atoms with Gasteiger partial charge >= 0.3 is 5.97 Å². The minimum Gasteiger partial charge on any atom is -0.480 e. The van der Waals surface area contributed by atoms with E-state index in [0.717, 1.165) is 19.4 Å². The quantitative estimate of drug-likeness (QED) is 0.615. The largest absolute Gasteiger partial charge is 0.480 e. The molecule has 3 nitrogen and oxygen atoms in total. The molecule has 2 N–H and O–H groups in total. The fraction of sp³-hybridized carbons (Fsp3) is 0.889. The Morgan fingerprint density at radius 3 is 2.42 bits per heavy atom. The van der Waals surface area contributed by atoms with Crippen molar-refractivity contribution in [2.45, 2.75) is 38.1 Å². The van der Waals surface area contributed by atoms with Gasteiger partial charge in [-0.2, -0.15) is 0 Å². The van der Waals surface area contributed by atoms with E-state index in [2.05, 4.69) is 5.32 Å². The molecule has 12 heavy (non-hydrogen) atoms. The van der Waals surface area contributed by atoms with Crippen molar-refractivity contribution in [2.24, 2.45) is 5.41 Å². The average molecular weight is 169 g/mol. The lowest BCUT2D eigenvalue weighted by molar-refractivity contribution is -0.149. The van der Waals surface area contributed by atoms with Crippen molar-refractivity contribution in [1.29, 1.82) is 0 Å².